The zero-order chi connectivity index (χ0) is 13.6. The summed E-state index contributed by atoms with van der Waals surface area (Å²) in [6, 6.07) is 7.11. The van der Waals surface area contributed by atoms with Gasteiger partial charge in [0.2, 0.25) is 5.60 Å². The predicted molar refractivity (Wildman–Crippen MR) is 66.4 cm³/mol. The second-order valence-corrected chi connectivity index (χ2v) is 6.22. The fourth-order valence-corrected chi connectivity index (χ4v) is 2.83. The van der Waals surface area contributed by atoms with Crippen molar-refractivity contribution >= 4 is 16.0 Å². The zero-order valence-corrected chi connectivity index (χ0v) is 11.3. The highest BCUT2D eigenvalue weighted by Crippen LogP contribution is 2.37. The van der Waals surface area contributed by atoms with Crippen molar-refractivity contribution in [3.8, 4) is 0 Å². The van der Waals surface area contributed by atoms with Crippen molar-refractivity contribution in [2.24, 2.45) is 0 Å². The third-order valence-electron chi connectivity index (χ3n) is 2.96. The minimum Gasteiger partial charge on any atom is -0.339 e. The lowest BCUT2D eigenvalue weighted by atomic mass is 9.85. The third-order valence-corrected chi connectivity index (χ3v) is 3.55. The molecule has 1 fully saturated rings. The van der Waals surface area contributed by atoms with Crippen LogP contribution in [0.4, 0.5) is 0 Å². The number of likely N-dealkylation sites (N-methyl/N-ethyl adjacent to an activating group) is 1. The lowest BCUT2D eigenvalue weighted by Gasteiger charge is -2.45. The summed E-state index contributed by atoms with van der Waals surface area (Å²) in [4.78, 5) is 13.4. The molecular formula is C12H15NO4S. The van der Waals surface area contributed by atoms with Crippen molar-refractivity contribution in [3.05, 3.63) is 35.4 Å². The summed E-state index contributed by atoms with van der Waals surface area (Å²) in [6.45, 7) is 2.16. The highest BCUT2D eigenvalue weighted by Gasteiger charge is 2.55. The number of carbonyl (C=O) groups excluding carboxylic acids is 1. The van der Waals surface area contributed by atoms with Gasteiger partial charge in [-0.05, 0) is 12.5 Å². The van der Waals surface area contributed by atoms with Gasteiger partial charge < -0.3 is 4.90 Å². The molecule has 0 aromatic heterocycles. The Labute approximate surface area is 106 Å². The van der Waals surface area contributed by atoms with Gasteiger partial charge in [-0.25, -0.2) is 4.18 Å². The second-order valence-electron chi connectivity index (χ2n) is 4.64. The number of aryl methyl sites for hydroxylation is 1. The number of β-lactam (4-membered cyclic amide) rings is 1. The van der Waals surface area contributed by atoms with Crippen LogP contribution < -0.4 is 0 Å². The van der Waals surface area contributed by atoms with Gasteiger partial charge in [0.15, 0.2) is 0 Å². The monoisotopic (exact) mass is 269 g/mol. The molecule has 1 aliphatic rings. The van der Waals surface area contributed by atoms with E-state index in [4.69, 9.17) is 4.18 Å². The molecule has 1 amide bonds. The van der Waals surface area contributed by atoms with Crippen LogP contribution >= 0.6 is 0 Å². The summed E-state index contributed by atoms with van der Waals surface area (Å²) in [5.41, 5.74) is 0.228. The van der Waals surface area contributed by atoms with Crippen molar-refractivity contribution in [1.29, 1.82) is 0 Å². The van der Waals surface area contributed by atoms with Crippen LogP contribution in [0.3, 0.4) is 0 Å². The van der Waals surface area contributed by atoms with Gasteiger partial charge in [0.1, 0.15) is 0 Å². The van der Waals surface area contributed by atoms with Crippen LogP contribution in [0, 0.1) is 6.92 Å². The Bertz CT molecular complexity index is 579. The van der Waals surface area contributed by atoms with E-state index in [-0.39, 0.29) is 12.5 Å². The number of hydrogen-bond acceptors (Lipinski definition) is 4. The summed E-state index contributed by atoms with van der Waals surface area (Å²) >= 11 is 0. The Kier molecular flexibility index (Phi) is 2.95. The predicted octanol–water partition coefficient (Wildman–Crippen LogP) is 0.639. The van der Waals surface area contributed by atoms with Crippen LogP contribution in [0.15, 0.2) is 24.3 Å². The van der Waals surface area contributed by atoms with Gasteiger partial charge in [0.05, 0.1) is 12.8 Å². The summed E-state index contributed by atoms with van der Waals surface area (Å²) < 4.78 is 27.7. The van der Waals surface area contributed by atoms with Crippen molar-refractivity contribution in [1.82, 2.24) is 4.90 Å². The SMILES string of the molecule is Cc1ccc(C2(OS(C)(=O)=O)CN(C)C2=O)cc1. The van der Waals surface area contributed by atoms with E-state index in [1.165, 1.54) is 4.90 Å². The maximum atomic E-state index is 12.0. The molecule has 0 radical (unpaired) electrons. The van der Waals surface area contributed by atoms with Gasteiger partial charge in [-0.1, -0.05) is 29.8 Å². The first-order valence-electron chi connectivity index (χ1n) is 5.48. The fraction of sp³-hybridized carbons (Fsp3) is 0.417. The zero-order valence-electron chi connectivity index (χ0n) is 10.5. The van der Waals surface area contributed by atoms with E-state index in [1.807, 2.05) is 19.1 Å². The van der Waals surface area contributed by atoms with Crippen LogP contribution in [0.1, 0.15) is 11.1 Å². The maximum Gasteiger partial charge on any atom is 0.265 e. The van der Waals surface area contributed by atoms with Crippen LogP contribution in [-0.4, -0.2) is 39.1 Å². The molecule has 18 heavy (non-hydrogen) atoms. The molecule has 1 atom stereocenters. The number of hydrogen-bond donors (Lipinski definition) is 0. The summed E-state index contributed by atoms with van der Waals surface area (Å²) in [6.07, 6.45) is 0.953. The average Bonchev–Trinajstić information content (AvgIpc) is 2.27. The molecule has 2 rings (SSSR count). The van der Waals surface area contributed by atoms with Crippen LogP contribution in [0.2, 0.25) is 0 Å². The van der Waals surface area contributed by atoms with E-state index < -0.39 is 15.7 Å². The first kappa shape index (κ1) is 13.0. The summed E-state index contributed by atoms with van der Waals surface area (Å²) in [5.74, 6) is -0.336. The average molecular weight is 269 g/mol. The normalized spacial score (nSPS) is 23.9. The Morgan fingerprint density at radius 3 is 2.22 bits per heavy atom. The fourth-order valence-electron chi connectivity index (χ4n) is 2.10. The van der Waals surface area contributed by atoms with E-state index in [0.717, 1.165) is 11.8 Å². The number of benzene rings is 1. The minimum absolute atomic E-state index is 0.238. The highest BCUT2D eigenvalue weighted by molar-refractivity contribution is 7.86. The second kappa shape index (κ2) is 4.07. The smallest absolute Gasteiger partial charge is 0.265 e. The molecule has 0 spiro atoms. The molecule has 1 heterocycles. The van der Waals surface area contributed by atoms with E-state index in [0.29, 0.717) is 5.56 Å². The molecule has 0 bridgehead atoms. The van der Waals surface area contributed by atoms with Gasteiger partial charge in [-0.15, -0.1) is 0 Å². The van der Waals surface area contributed by atoms with Gasteiger partial charge >= 0.3 is 0 Å². The third kappa shape index (κ3) is 2.13. The van der Waals surface area contributed by atoms with Gasteiger partial charge in [0.25, 0.3) is 16.0 Å². The number of nitrogens with zero attached hydrogens (tertiary/aromatic N) is 1. The highest BCUT2D eigenvalue weighted by atomic mass is 32.2. The molecular weight excluding hydrogens is 254 g/mol. The Morgan fingerprint density at radius 2 is 1.83 bits per heavy atom. The van der Waals surface area contributed by atoms with Crippen LogP contribution in [0.5, 0.6) is 0 Å². The molecule has 1 unspecified atom stereocenters. The van der Waals surface area contributed by atoms with Crippen LogP contribution in [-0.2, 0) is 24.7 Å². The molecule has 5 nitrogen and oxygen atoms in total. The molecule has 1 aromatic rings. The first-order chi connectivity index (χ1) is 8.24. The van der Waals surface area contributed by atoms with E-state index in [2.05, 4.69) is 0 Å². The number of carbonyl (C=O) groups is 1. The number of likely N-dealkylation sites (tertiary alicyclic amines) is 1. The Balaban J connectivity index is 2.44. The summed E-state index contributed by atoms with van der Waals surface area (Å²) in [7, 11) is -2.09. The molecule has 0 saturated carbocycles. The lowest BCUT2D eigenvalue weighted by molar-refractivity contribution is -0.168. The van der Waals surface area contributed by atoms with Crippen molar-refractivity contribution in [3.63, 3.8) is 0 Å². The van der Waals surface area contributed by atoms with E-state index >= 15 is 0 Å². The van der Waals surface area contributed by atoms with Crippen molar-refractivity contribution in [2.75, 3.05) is 19.8 Å². The first-order valence-corrected chi connectivity index (χ1v) is 7.29. The molecule has 6 heteroatoms. The van der Waals surface area contributed by atoms with E-state index in [1.54, 1.807) is 19.2 Å². The quantitative estimate of drug-likeness (QED) is 0.596. The number of amides is 1. The minimum atomic E-state index is -3.70. The van der Waals surface area contributed by atoms with Crippen LogP contribution in [0.25, 0.3) is 0 Å². The van der Waals surface area contributed by atoms with Crippen molar-refractivity contribution < 1.29 is 17.4 Å². The summed E-state index contributed by atoms with van der Waals surface area (Å²) in [5, 5.41) is 0. The molecule has 1 aliphatic heterocycles. The van der Waals surface area contributed by atoms with E-state index in [9.17, 15) is 13.2 Å². The molecule has 0 N–H and O–H groups in total. The maximum absolute atomic E-state index is 12.0. The molecule has 0 aliphatic carbocycles. The Hall–Kier alpha value is -1.40. The lowest BCUT2D eigenvalue weighted by Crippen LogP contribution is -2.64. The Morgan fingerprint density at radius 1 is 1.28 bits per heavy atom. The topological polar surface area (TPSA) is 63.7 Å². The standard InChI is InChI=1S/C12H15NO4S/c1-9-4-6-10(7-5-9)12(17-18(3,15)16)8-13(2)11(12)14/h4-7H,8H2,1-3H3. The molecule has 1 aromatic carbocycles. The largest absolute Gasteiger partial charge is 0.339 e. The van der Waals surface area contributed by atoms with Gasteiger partial charge in [-0.2, -0.15) is 8.42 Å². The number of rotatable bonds is 3. The van der Waals surface area contributed by atoms with Gasteiger partial charge in [-0.3, -0.25) is 4.79 Å². The molecule has 98 valence electrons. The van der Waals surface area contributed by atoms with Crippen molar-refractivity contribution in [2.45, 2.75) is 12.5 Å². The molecule has 1 saturated heterocycles. The van der Waals surface area contributed by atoms with Gasteiger partial charge in [0, 0.05) is 7.05 Å².